The predicted molar refractivity (Wildman–Crippen MR) is 78.9 cm³/mol. The molecule has 0 saturated carbocycles. The molecule has 0 unspecified atom stereocenters. The van der Waals surface area contributed by atoms with Gasteiger partial charge in [0, 0.05) is 24.2 Å². The number of ether oxygens (including phenoxy) is 1. The van der Waals surface area contributed by atoms with Gasteiger partial charge in [0.15, 0.2) is 0 Å². The first-order valence-corrected chi connectivity index (χ1v) is 7.52. The first-order chi connectivity index (χ1) is 10.5. The van der Waals surface area contributed by atoms with Crippen LogP contribution in [-0.2, 0) is 17.3 Å². The Morgan fingerprint density at radius 2 is 1.95 bits per heavy atom. The zero-order chi connectivity index (χ0) is 15.6. The molecule has 6 heteroatoms. The van der Waals surface area contributed by atoms with Gasteiger partial charge in [0.25, 0.3) is 0 Å². The highest BCUT2D eigenvalue weighted by molar-refractivity contribution is 5.84. The van der Waals surface area contributed by atoms with Crippen molar-refractivity contribution in [2.45, 2.75) is 19.0 Å². The van der Waals surface area contributed by atoms with Crippen molar-refractivity contribution >= 4 is 10.9 Å². The monoisotopic (exact) mass is 312 g/mol. The first kappa shape index (κ1) is 15.4. The van der Waals surface area contributed by atoms with Crippen molar-refractivity contribution in [2.24, 2.45) is 0 Å². The van der Waals surface area contributed by atoms with Crippen molar-refractivity contribution in [3.63, 3.8) is 0 Å². The Labute approximate surface area is 127 Å². The maximum Gasteiger partial charge on any atom is 0.418 e. The average molecular weight is 312 g/mol. The number of aryl methyl sites for hydroxylation is 1. The fraction of sp³-hybridized carbons (Fsp3) is 0.500. The highest BCUT2D eigenvalue weighted by Crippen LogP contribution is 2.34. The van der Waals surface area contributed by atoms with E-state index in [-0.39, 0.29) is 5.52 Å². The number of rotatable bonds is 4. The number of para-hydroxylation sites is 1. The van der Waals surface area contributed by atoms with Gasteiger partial charge >= 0.3 is 6.18 Å². The van der Waals surface area contributed by atoms with E-state index in [4.69, 9.17) is 4.74 Å². The molecule has 0 radical (unpaired) electrons. The minimum Gasteiger partial charge on any atom is -0.379 e. The first-order valence-electron chi connectivity index (χ1n) is 7.52. The minimum absolute atomic E-state index is 0.191. The van der Waals surface area contributed by atoms with Crippen LogP contribution in [0.25, 0.3) is 10.9 Å². The molecule has 22 heavy (non-hydrogen) atoms. The summed E-state index contributed by atoms with van der Waals surface area (Å²) in [7, 11) is 0. The third kappa shape index (κ3) is 3.44. The smallest absolute Gasteiger partial charge is 0.379 e. The summed E-state index contributed by atoms with van der Waals surface area (Å²) in [5.41, 5.74) is 0.459. The fourth-order valence-corrected chi connectivity index (χ4v) is 2.90. The predicted octanol–water partition coefficient (Wildman–Crippen LogP) is 3.45. The third-order valence-electron chi connectivity index (χ3n) is 4.04. The summed E-state index contributed by atoms with van der Waals surface area (Å²) in [5.74, 6) is 0. The number of hydrogen-bond donors (Lipinski definition) is 1. The highest BCUT2D eigenvalue weighted by Gasteiger charge is 2.33. The van der Waals surface area contributed by atoms with Gasteiger partial charge in [-0.2, -0.15) is 13.2 Å². The molecule has 1 aromatic carbocycles. The number of nitrogens with zero attached hydrogens (tertiary/aromatic N) is 1. The lowest BCUT2D eigenvalue weighted by molar-refractivity contribution is -0.136. The van der Waals surface area contributed by atoms with E-state index < -0.39 is 11.7 Å². The molecule has 1 aliphatic heterocycles. The van der Waals surface area contributed by atoms with Gasteiger partial charge in [0.1, 0.15) is 0 Å². The lowest BCUT2D eigenvalue weighted by Crippen LogP contribution is -2.36. The number of nitrogens with one attached hydrogen (secondary N) is 1. The molecule has 0 aliphatic carbocycles. The van der Waals surface area contributed by atoms with Crippen LogP contribution in [0.4, 0.5) is 13.2 Å². The zero-order valence-corrected chi connectivity index (χ0v) is 12.2. The van der Waals surface area contributed by atoms with E-state index >= 15 is 0 Å². The van der Waals surface area contributed by atoms with E-state index in [1.807, 2.05) is 6.07 Å². The lowest BCUT2D eigenvalue weighted by Gasteiger charge is -2.26. The molecule has 1 aromatic heterocycles. The van der Waals surface area contributed by atoms with E-state index in [9.17, 15) is 13.2 Å². The lowest BCUT2D eigenvalue weighted by atomic mass is 10.1. The van der Waals surface area contributed by atoms with Crippen LogP contribution in [0.1, 0.15) is 17.7 Å². The van der Waals surface area contributed by atoms with E-state index in [1.54, 1.807) is 6.07 Å². The molecule has 3 rings (SSSR count). The van der Waals surface area contributed by atoms with Gasteiger partial charge in [-0.15, -0.1) is 0 Å². The second-order valence-corrected chi connectivity index (χ2v) is 5.62. The van der Waals surface area contributed by atoms with Crippen LogP contribution in [0.15, 0.2) is 24.3 Å². The number of alkyl halides is 3. The summed E-state index contributed by atoms with van der Waals surface area (Å²) >= 11 is 0. The average Bonchev–Trinajstić information content (AvgIpc) is 2.89. The van der Waals surface area contributed by atoms with Crippen molar-refractivity contribution in [3.8, 4) is 0 Å². The summed E-state index contributed by atoms with van der Waals surface area (Å²) in [6.07, 6.45) is -2.65. The fourth-order valence-electron chi connectivity index (χ4n) is 2.90. The van der Waals surface area contributed by atoms with E-state index in [0.717, 1.165) is 57.4 Å². The summed E-state index contributed by atoms with van der Waals surface area (Å²) in [4.78, 5) is 5.27. The maximum absolute atomic E-state index is 13.0. The number of hydrogen-bond acceptors (Lipinski definition) is 2. The molecule has 0 spiro atoms. The summed E-state index contributed by atoms with van der Waals surface area (Å²) < 4.78 is 44.2. The largest absolute Gasteiger partial charge is 0.418 e. The van der Waals surface area contributed by atoms with Gasteiger partial charge in [0.2, 0.25) is 0 Å². The number of morpholine rings is 1. The molecule has 1 saturated heterocycles. The van der Waals surface area contributed by atoms with Crippen molar-refractivity contribution in [1.29, 1.82) is 0 Å². The topological polar surface area (TPSA) is 28.3 Å². The second-order valence-electron chi connectivity index (χ2n) is 5.62. The molecule has 0 amide bonds. The Balaban J connectivity index is 1.67. The molecular weight excluding hydrogens is 293 g/mol. The number of aromatic nitrogens is 1. The quantitative estimate of drug-likeness (QED) is 0.936. The third-order valence-corrected chi connectivity index (χ3v) is 4.04. The van der Waals surface area contributed by atoms with Gasteiger partial charge in [-0.3, -0.25) is 4.90 Å². The number of fused-ring (bicyclic) bond motifs is 1. The second kappa shape index (κ2) is 6.30. The molecular formula is C16H19F3N2O. The summed E-state index contributed by atoms with van der Waals surface area (Å²) in [5, 5.41) is 0.621. The van der Waals surface area contributed by atoms with Crippen LogP contribution in [-0.4, -0.2) is 42.7 Å². The molecule has 0 atom stereocenters. The Bertz CT molecular complexity index is 630. The number of H-pyrrole nitrogens is 1. The maximum atomic E-state index is 13.0. The summed E-state index contributed by atoms with van der Waals surface area (Å²) in [6.45, 7) is 4.35. The van der Waals surface area contributed by atoms with Crippen LogP contribution in [0.3, 0.4) is 0 Å². The van der Waals surface area contributed by atoms with Gasteiger partial charge < -0.3 is 9.72 Å². The van der Waals surface area contributed by atoms with Gasteiger partial charge in [0.05, 0.1) is 24.3 Å². The van der Waals surface area contributed by atoms with Crippen LogP contribution in [0, 0.1) is 0 Å². The number of aromatic amines is 1. The van der Waals surface area contributed by atoms with E-state index in [2.05, 4.69) is 9.88 Å². The van der Waals surface area contributed by atoms with Gasteiger partial charge in [-0.1, -0.05) is 12.1 Å². The van der Waals surface area contributed by atoms with Gasteiger partial charge in [-0.25, -0.2) is 0 Å². The molecule has 0 bridgehead atoms. The van der Waals surface area contributed by atoms with Crippen LogP contribution < -0.4 is 0 Å². The molecule has 2 heterocycles. The summed E-state index contributed by atoms with van der Waals surface area (Å²) in [6, 6.07) is 6.11. The Morgan fingerprint density at radius 3 is 2.68 bits per heavy atom. The molecule has 2 aromatic rings. The Hall–Kier alpha value is -1.53. The highest BCUT2D eigenvalue weighted by atomic mass is 19.4. The zero-order valence-electron chi connectivity index (χ0n) is 12.2. The number of halogens is 3. The SMILES string of the molecule is FC(F)(F)c1cccc2cc(CCCN3CCOCC3)[nH]c12. The Kier molecular flexibility index (Phi) is 4.40. The van der Waals surface area contributed by atoms with E-state index in [0.29, 0.717) is 5.39 Å². The van der Waals surface area contributed by atoms with Crippen LogP contribution >= 0.6 is 0 Å². The standard InChI is InChI=1S/C16H19F3N2O/c17-16(18,19)14-5-1-3-12-11-13(20-15(12)14)4-2-6-21-7-9-22-10-8-21/h1,3,5,11,20H,2,4,6-10H2. The molecule has 1 N–H and O–H groups in total. The van der Waals surface area contributed by atoms with Crippen molar-refractivity contribution < 1.29 is 17.9 Å². The molecule has 120 valence electrons. The molecule has 1 aliphatic rings. The van der Waals surface area contributed by atoms with Crippen molar-refractivity contribution in [3.05, 3.63) is 35.5 Å². The van der Waals surface area contributed by atoms with Gasteiger partial charge in [-0.05, 0) is 31.5 Å². The minimum atomic E-state index is -4.32. The normalized spacial score (nSPS) is 17.2. The van der Waals surface area contributed by atoms with Crippen molar-refractivity contribution in [1.82, 2.24) is 9.88 Å². The van der Waals surface area contributed by atoms with Crippen molar-refractivity contribution in [2.75, 3.05) is 32.8 Å². The van der Waals surface area contributed by atoms with Crippen LogP contribution in [0.5, 0.6) is 0 Å². The van der Waals surface area contributed by atoms with Crippen LogP contribution in [0.2, 0.25) is 0 Å². The van der Waals surface area contributed by atoms with E-state index in [1.165, 1.54) is 6.07 Å². The Morgan fingerprint density at radius 1 is 1.18 bits per heavy atom. The molecule has 1 fully saturated rings. The molecule has 3 nitrogen and oxygen atoms in total. The number of benzene rings is 1.